The molecule has 3 heterocycles. The highest BCUT2D eigenvalue weighted by atomic mass is 35.5. The van der Waals surface area contributed by atoms with Crippen LogP contribution in [0.3, 0.4) is 0 Å². The van der Waals surface area contributed by atoms with Crippen molar-refractivity contribution in [1.29, 1.82) is 5.26 Å². The summed E-state index contributed by atoms with van der Waals surface area (Å²) in [5.41, 5.74) is 9.75. The molecule has 0 radical (unpaired) electrons. The number of nitrogens with zero attached hydrogens (tertiary/aromatic N) is 4. The Balaban J connectivity index is 1.23. The molecule has 2 fully saturated rings. The van der Waals surface area contributed by atoms with Gasteiger partial charge in [0.25, 0.3) is 0 Å². The molecule has 3 aromatic carbocycles. The lowest BCUT2D eigenvalue weighted by Crippen LogP contribution is -2.55. The highest BCUT2D eigenvalue weighted by Gasteiger charge is 2.38. The maximum absolute atomic E-state index is 10.00. The van der Waals surface area contributed by atoms with Crippen LogP contribution in [0.4, 0.5) is 0 Å². The zero-order chi connectivity index (χ0) is 33.1. The van der Waals surface area contributed by atoms with Gasteiger partial charge in [0.05, 0.1) is 42.3 Å². The normalized spacial score (nSPS) is 17.2. The number of halogens is 1. The van der Waals surface area contributed by atoms with Gasteiger partial charge >= 0.3 is 0 Å². The van der Waals surface area contributed by atoms with E-state index in [2.05, 4.69) is 48.1 Å². The molecule has 1 aromatic heterocycles. The van der Waals surface area contributed by atoms with E-state index in [1.54, 1.807) is 13.3 Å². The van der Waals surface area contributed by atoms with E-state index in [1.165, 1.54) is 0 Å². The van der Waals surface area contributed by atoms with E-state index in [0.717, 1.165) is 88.5 Å². The Bertz CT molecular complexity index is 1840. The third kappa shape index (κ3) is 6.90. The minimum Gasteiger partial charge on any atom is -0.480 e. The molecule has 47 heavy (non-hydrogen) atoms. The SMILES string of the molecule is C=C1CC[C@@H](CNCc2ncc(-c3cccc(-c4cccc(-c5ccc(CN6CC(C)(CO)C6)c(C#N)c5)c4Cl)c3C)nc2OC)N1. The molecular formula is C38H41ClN6O2. The maximum atomic E-state index is 10.00. The summed E-state index contributed by atoms with van der Waals surface area (Å²) in [6, 6.07) is 20.9. The van der Waals surface area contributed by atoms with Crippen molar-refractivity contribution in [3.05, 3.63) is 100 Å². The number of aromatic nitrogens is 2. The third-order valence-electron chi connectivity index (χ3n) is 9.32. The lowest BCUT2D eigenvalue weighted by atomic mass is 9.82. The van der Waals surface area contributed by atoms with Gasteiger partial charge in [-0.2, -0.15) is 5.26 Å². The standard InChI is InChI=1S/C38H41ClN6O2/c1-24-11-14-29(43-24)17-41-18-35-37(47-4)44-34(19-42-35)31-8-5-7-30(25(31)2)33-10-6-9-32(36(33)39)26-12-13-27(28(15-26)16-40)20-45-21-38(3,22-45)23-46/h5-10,12-13,15,19,29,41,43,46H,1,11,14,17-18,20-23H2,2-4H3/t29-/m0/s1. The number of benzene rings is 3. The van der Waals surface area contributed by atoms with E-state index >= 15 is 0 Å². The van der Waals surface area contributed by atoms with Crippen LogP contribution in [0.2, 0.25) is 5.02 Å². The molecule has 2 aliphatic rings. The highest BCUT2D eigenvalue weighted by Crippen LogP contribution is 2.40. The van der Waals surface area contributed by atoms with Crippen LogP contribution < -0.4 is 15.4 Å². The molecule has 3 N–H and O–H groups in total. The van der Waals surface area contributed by atoms with Crippen LogP contribution in [0.15, 0.2) is 73.1 Å². The van der Waals surface area contributed by atoms with Crippen molar-refractivity contribution in [1.82, 2.24) is 25.5 Å². The minimum atomic E-state index is -0.0566. The van der Waals surface area contributed by atoms with E-state index in [4.69, 9.17) is 26.3 Å². The number of allylic oxidation sites excluding steroid dienone is 1. The average molecular weight is 649 g/mol. The average Bonchev–Trinajstić information content (AvgIpc) is 3.49. The van der Waals surface area contributed by atoms with Crippen molar-refractivity contribution in [2.45, 2.75) is 45.8 Å². The number of nitrogens with one attached hydrogen (secondary N) is 2. The number of aliphatic hydroxyl groups is 1. The first kappa shape index (κ1) is 32.7. The van der Waals surface area contributed by atoms with E-state index < -0.39 is 0 Å². The van der Waals surface area contributed by atoms with Crippen molar-refractivity contribution in [2.24, 2.45) is 5.41 Å². The predicted molar refractivity (Wildman–Crippen MR) is 187 cm³/mol. The van der Waals surface area contributed by atoms with Crippen molar-refractivity contribution >= 4 is 11.6 Å². The third-order valence-corrected chi connectivity index (χ3v) is 9.72. The Morgan fingerprint density at radius 3 is 2.60 bits per heavy atom. The van der Waals surface area contributed by atoms with Gasteiger partial charge in [-0.3, -0.25) is 9.88 Å². The molecule has 9 heteroatoms. The molecule has 4 aromatic rings. The van der Waals surface area contributed by atoms with Crippen LogP contribution in [0.5, 0.6) is 5.88 Å². The maximum Gasteiger partial charge on any atom is 0.237 e. The highest BCUT2D eigenvalue weighted by molar-refractivity contribution is 6.36. The van der Waals surface area contributed by atoms with Gasteiger partial charge in [-0.05, 0) is 48.1 Å². The molecular weight excluding hydrogens is 608 g/mol. The topological polar surface area (TPSA) is 106 Å². The Labute approximate surface area is 282 Å². The Morgan fingerprint density at radius 2 is 1.89 bits per heavy atom. The first-order valence-corrected chi connectivity index (χ1v) is 16.4. The number of hydrogen-bond donors (Lipinski definition) is 3. The van der Waals surface area contributed by atoms with Gasteiger partial charge in [0.15, 0.2) is 0 Å². The summed E-state index contributed by atoms with van der Waals surface area (Å²) in [5.74, 6) is 0.497. The fraction of sp³-hybridized carbons (Fsp3) is 0.342. The van der Waals surface area contributed by atoms with Crippen LogP contribution in [0.25, 0.3) is 33.5 Å². The van der Waals surface area contributed by atoms with Gasteiger partial charge in [0.1, 0.15) is 5.69 Å². The van der Waals surface area contributed by atoms with Gasteiger partial charge in [-0.25, -0.2) is 4.98 Å². The number of aliphatic hydroxyl groups excluding tert-OH is 1. The van der Waals surface area contributed by atoms with Crippen LogP contribution in [0.1, 0.15) is 42.1 Å². The van der Waals surface area contributed by atoms with E-state index in [-0.39, 0.29) is 12.0 Å². The molecule has 0 aliphatic carbocycles. The number of hydrogen-bond acceptors (Lipinski definition) is 8. The summed E-state index contributed by atoms with van der Waals surface area (Å²) >= 11 is 7.14. The largest absolute Gasteiger partial charge is 0.480 e. The monoisotopic (exact) mass is 648 g/mol. The molecule has 1 atom stereocenters. The second kappa shape index (κ2) is 13.8. The lowest BCUT2D eigenvalue weighted by Gasteiger charge is -2.47. The number of ether oxygens (including phenoxy) is 1. The summed E-state index contributed by atoms with van der Waals surface area (Å²) in [7, 11) is 1.62. The zero-order valence-electron chi connectivity index (χ0n) is 27.2. The Hall–Kier alpha value is -4.26. The van der Waals surface area contributed by atoms with E-state index in [0.29, 0.717) is 35.6 Å². The molecule has 2 aliphatic heterocycles. The summed E-state index contributed by atoms with van der Waals surface area (Å²) < 4.78 is 5.66. The summed E-state index contributed by atoms with van der Waals surface area (Å²) in [4.78, 5) is 11.8. The van der Waals surface area contributed by atoms with Crippen molar-refractivity contribution < 1.29 is 9.84 Å². The molecule has 6 rings (SSSR count). The second-order valence-corrected chi connectivity index (χ2v) is 13.4. The lowest BCUT2D eigenvalue weighted by molar-refractivity contribution is -0.0319. The van der Waals surface area contributed by atoms with Crippen LogP contribution >= 0.6 is 11.6 Å². The molecule has 0 bridgehead atoms. The summed E-state index contributed by atoms with van der Waals surface area (Å²) in [6.07, 6.45) is 3.89. The molecule has 2 saturated heterocycles. The summed E-state index contributed by atoms with van der Waals surface area (Å²) in [6.45, 7) is 12.0. The first-order valence-electron chi connectivity index (χ1n) is 16.0. The molecule has 0 amide bonds. The Kier molecular flexibility index (Phi) is 9.62. The molecule has 0 unspecified atom stereocenters. The van der Waals surface area contributed by atoms with Gasteiger partial charge in [-0.15, -0.1) is 0 Å². The number of likely N-dealkylation sites (tertiary alicyclic amines) is 1. The number of methoxy groups -OCH3 is 1. The first-order chi connectivity index (χ1) is 22.7. The quantitative estimate of drug-likeness (QED) is 0.170. The zero-order valence-corrected chi connectivity index (χ0v) is 28.0. The van der Waals surface area contributed by atoms with E-state index in [9.17, 15) is 10.4 Å². The van der Waals surface area contributed by atoms with Crippen molar-refractivity contribution in [2.75, 3.05) is 33.4 Å². The minimum absolute atomic E-state index is 0.0566. The number of rotatable bonds is 11. The van der Waals surface area contributed by atoms with Crippen LogP contribution in [0, 0.1) is 23.7 Å². The van der Waals surface area contributed by atoms with Crippen molar-refractivity contribution in [3.8, 4) is 45.5 Å². The summed E-state index contributed by atoms with van der Waals surface area (Å²) in [5, 5.41) is 27.1. The van der Waals surface area contributed by atoms with Crippen molar-refractivity contribution in [3.63, 3.8) is 0 Å². The fourth-order valence-corrected chi connectivity index (χ4v) is 7.09. The van der Waals surface area contributed by atoms with Gasteiger partial charge < -0.3 is 20.5 Å². The van der Waals surface area contributed by atoms with Gasteiger partial charge in [0.2, 0.25) is 5.88 Å². The molecule has 0 saturated carbocycles. The molecule has 242 valence electrons. The van der Waals surface area contributed by atoms with E-state index in [1.807, 2.05) is 48.5 Å². The second-order valence-electron chi connectivity index (χ2n) is 13.1. The Morgan fingerprint density at radius 1 is 1.15 bits per heavy atom. The van der Waals surface area contributed by atoms with Crippen LogP contribution in [-0.4, -0.2) is 59.4 Å². The van der Waals surface area contributed by atoms with Gasteiger partial charge in [0, 0.05) is 66.6 Å². The fourth-order valence-electron chi connectivity index (χ4n) is 6.75. The molecule has 0 spiro atoms. The molecule has 8 nitrogen and oxygen atoms in total. The smallest absolute Gasteiger partial charge is 0.237 e. The van der Waals surface area contributed by atoms with Gasteiger partial charge in [-0.1, -0.05) is 73.6 Å². The van der Waals surface area contributed by atoms with Crippen LogP contribution in [-0.2, 0) is 13.1 Å². The predicted octanol–water partition coefficient (Wildman–Crippen LogP) is 6.49. The number of nitriles is 1.